The molecule has 0 amide bonds. The molecule has 0 aliphatic heterocycles. The lowest BCUT2D eigenvalue weighted by molar-refractivity contribution is 0.381. The topological polar surface area (TPSA) is 127 Å². The van der Waals surface area contributed by atoms with Gasteiger partial charge in [-0.3, -0.25) is 9.11 Å². The van der Waals surface area contributed by atoms with Crippen LogP contribution in [0.5, 0.6) is 0 Å². The van der Waals surface area contributed by atoms with Gasteiger partial charge in [0.05, 0.1) is 0 Å². The first-order valence-electron chi connectivity index (χ1n) is 4.51. The zero-order valence-corrected chi connectivity index (χ0v) is 9.55. The molecule has 0 saturated heterocycles. The molecule has 0 aliphatic rings. The van der Waals surface area contributed by atoms with E-state index < -0.39 is 10.4 Å². The lowest BCUT2D eigenvalue weighted by atomic mass is 10.1. The number of benzene rings is 2. The van der Waals surface area contributed by atoms with E-state index in [0.29, 0.717) is 0 Å². The molecule has 0 fully saturated rings. The third-order valence-electron chi connectivity index (χ3n) is 1.99. The van der Waals surface area contributed by atoms with Gasteiger partial charge in [-0.2, -0.15) is 8.42 Å². The van der Waals surface area contributed by atoms with Crippen LogP contribution in [0.3, 0.4) is 0 Å². The maximum absolute atomic E-state index is 8.74. The van der Waals surface area contributed by atoms with Crippen molar-refractivity contribution >= 4 is 32.5 Å². The number of nitrogens with two attached hydrogens (primary N) is 2. The van der Waals surface area contributed by atoms with Gasteiger partial charge in [-0.25, -0.2) is 0 Å². The molecule has 92 valence electrons. The lowest BCUT2D eigenvalue weighted by Crippen LogP contribution is -1.91. The van der Waals surface area contributed by atoms with Gasteiger partial charge in [-0.05, 0) is 12.1 Å². The highest BCUT2D eigenvalue weighted by molar-refractivity contribution is 7.79. The van der Waals surface area contributed by atoms with Crippen LogP contribution < -0.4 is 11.5 Å². The molecule has 17 heavy (non-hydrogen) atoms. The van der Waals surface area contributed by atoms with E-state index >= 15 is 0 Å². The van der Waals surface area contributed by atoms with Crippen molar-refractivity contribution in [3.63, 3.8) is 0 Å². The van der Waals surface area contributed by atoms with Crippen molar-refractivity contribution in [3.8, 4) is 0 Å². The molecule has 0 aromatic heterocycles. The number of hydrogen-bond donors (Lipinski definition) is 4. The SMILES string of the molecule is Nc1ccc(N)c2ccccc12.O=S(=O)(O)O. The predicted octanol–water partition coefficient (Wildman–Crippen LogP) is 1.35. The fourth-order valence-corrected chi connectivity index (χ4v) is 1.35. The molecule has 2 aromatic rings. The van der Waals surface area contributed by atoms with E-state index in [9.17, 15) is 0 Å². The summed E-state index contributed by atoms with van der Waals surface area (Å²) < 4.78 is 31.6. The van der Waals surface area contributed by atoms with Gasteiger partial charge in [0.15, 0.2) is 0 Å². The molecule has 0 atom stereocenters. The second-order valence-electron chi connectivity index (χ2n) is 3.24. The Bertz CT molecular complexity index is 577. The molecule has 6 N–H and O–H groups in total. The Hall–Kier alpha value is -1.83. The van der Waals surface area contributed by atoms with Gasteiger partial charge in [0.2, 0.25) is 0 Å². The summed E-state index contributed by atoms with van der Waals surface area (Å²) in [6, 6.07) is 11.5. The second kappa shape index (κ2) is 5.00. The monoisotopic (exact) mass is 256 g/mol. The highest BCUT2D eigenvalue weighted by Crippen LogP contribution is 2.25. The first kappa shape index (κ1) is 13.2. The van der Waals surface area contributed by atoms with Crippen LogP contribution in [0, 0.1) is 0 Å². The van der Waals surface area contributed by atoms with Crippen LogP contribution in [0.4, 0.5) is 11.4 Å². The van der Waals surface area contributed by atoms with Gasteiger partial charge < -0.3 is 11.5 Å². The Labute approximate surface area is 98.4 Å². The molecule has 0 radical (unpaired) electrons. The second-order valence-corrected chi connectivity index (χ2v) is 4.13. The number of rotatable bonds is 0. The average Bonchev–Trinajstić information content (AvgIpc) is 2.22. The summed E-state index contributed by atoms with van der Waals surface area (Å²) in [7, 11) is -4.67. The number of nitrogen functional groups attached to an aromatic ring is 2. The number of hydrogen-bond acceptors (Lipinski definition) is 4. The van der Waals surface area contributed by atoms with Crippen molar-refractivity contribution in [2.45, 2.75) is 0 Å². The minimum absolute atomic E-state index is 0.778. The van der Waals surface area contributed by atoms with Gasteiger partial charge in [0.1, 0.15) is 0 Å². The Balaban J connectivity index is 0.000000249. The predicted molar refractivity (Wildman–Crippen MR) is 67.0 cm³/mol. The fraction of sp³-hybridized carbons (Fsp3) is 0. The third-order valence-corrected chi connectivity index (χ3v) is 1.99. The normalized spacial score (nSPS) is 10.7. The van der Waals surface area contributed by atoms with E-state index in [1.165, 1.54) is 0 Å². The van der Waals surface area contributed by atoms with Gasteiger partial charge in [0.25, 0.3) is 0 Å². The molecule has 2 aromatic carbocycles. The zero-order valence-electron chi connectivity index (χ0n) is 8.74. The van der Waals surface area contributed by atoms with Crippen LogP contribution in [-0.2, 0) is 10.4 Å². The van der Waals surface area contributed by atoms with Crippen molar-refractivity contribution in [3.05, 3.63) is 36.4 Å². The molecule has 2 rings (SSSR count). The van der Waals surface area contributed by atoms with Crippen LogP contribution >= 0.6 is 0 Å². The summed E-state index contributed by atoms with van der Waals surface area (Å²) >= 11 is 0. The molecular weight excluding hydrogens is 244 g/mol. The van der Waals surface area contributed by atoms with Crippen LogP contribution in [0.25, 0.3) is 10.8 Å². The quantitative estimate of drug-likeness (QED) is 0.416. The van der Waals surface area contributed by atoms with Crippen molar-refractivity contribution in [2.75, 3.05) is 11.5 Å². The standard InChI is InChI=1S/C10H10N2.H2O4S/c11-9-5-6-10(12)8-4-2-1-3-7(8)9;1-5(2,3)4/h1-6H,11-12H2;(H2,1,2,3,4). The summed E-state index contributed by atoms with van der Waals surface area (Å²) in [6.45, 7) is 0. The summed E-state index contributed by atoms with van der Waals surface area (Å²) in [5.74, 6) is 0. The van der Waals surface area contributed by atoms with Gasteiger partial charge in [-0.1, -0.05) is 24.3 Å². The molecule has 0 bridgehead atoms. The average molecular weight is 256 g/mol. The number of fused-ring (bicyclic) bond motifs is 1. The molecule has 0 heterocycles. The highest BCUT2D eigenvalue weighted by atomic mass is 32.3. The Morgan fingerprint density at radius 1 is 0.824 bits per heavy atom. The fourth-order valence-electron chi connectivity index (χ4n) is 1.35. The summed E-state index contributed by atoms with van der Waals surface area (Å²) in [6.07, 6.45) is 0. The Morgan fingerprint density at radius 3 is 1.41 bits per heavy atom. The first-order valence-corrected chi connectivity index (χ1v) is 5.91. The van der Waals surface area contributed by atoms with E-state index in [4.69, 9.17) is 29.0 Å². The molecule has 0 aliphatic carbocycles. The third kappa shape index (κ3) is 4.27. The smallest absolute Gasteiger partial charge is 0.394 e. The largest absolute Gasteiger partial charge is 0.398 e. The van der Waals surface area contributed by atoms with Crippen LogP contribution in [0.2, 0.25) is 0 Å². The molecule has 7 heteroatoms. The minimum atomic E-state index is -4.67. The van der Waals surface area contributed by atoms with E-state index in [1.807, 2.05) is 36.4 Å². The van der Waals surface area contributed by atoms with Gasteiger partial charge in [0, 0.05) is 22.1 Å². The van der Waals surface area contributed by atoms with Crippen LogP contribution in [-0.4, -0.2) is 17.5 Å². The Kier molecular flexibility index (Phi) is 3.89. The van der Waals surface area contributed by atoms with Crippen molar-refractivity contribution in [1.82, 2.24) is 0 Å². The zero-order chi connectivity index (χ0) is 13.1. The van der Waals surface area contributed by atoms with Crippen molar-refractivity contribution < 1.29 is 17.5 Å². The maximum atomic E-state index is 8.74. The molecule has 0 spiro atoms. The minimum Gasteiger partial charge on any atom is -0.398 e. The molecule has 6 nitrogen and oxygen atoms in total. The maximum Gasteiger partial charge on any atom is 0.394 e. The number of anilines is 2. The van der Waals surface area contributed by atoms with Crippen LogP contribution in [0.15, 0.2) is 36.4 Å². The molecule has 0 unspecified atom stereocenters. The lowest BCUT2D eigenvalue weighted by Gasteiger charge is -2.03. The first-order chi connectivity index (χ1) is 7.79. The van der Waals surface area contributed by atoms with E-state index in [0.717, 1.165) is 22.1 Å². The summed E-state index contributed by atoms with van der Waals surface area (Å²) in [5, 5.41) is 2.05. The van der Waals surface area contributed by atoms with Crippen molar-refractivity contribution in [1.29, 1.82) is 0 Å². The Morgan fingerprint density at radius 2 is 1.12 bits per heavy atom. The van der Waals surface area contributed by atoms with Crippen molar-refractivity contribution in [2.24, 2.45) is 0 Å². The van der Waals surface area contributed by atoms with Gasteiger partial charge >= 0.3 is 10.4 Å². The van der Waals surface area contributed by atoms with Gasteiger partial charge in [-0.15, -0.1) is 0 Å². The molecule has 0 saturated carbocycles. The van der Waals surface area contributed by atoms with E-state index in [1.54, 1.807) is 0 Å². The summed E-state index contributed by atoms with van der Waals surface area (Å²) in [5.41, 5.74) is 13.1. The van der Waals surface area contributed by atoms with E-state index in [-0.39, 0.29) is 0 Å². The molecular formula is C10H12N2O4S. The van der Waals surface area contributed by atoms with Crippen LogP contribution in [0.1, 0.15) is 0 Å². The summed E-state index contributed by atoms with van der Waals surface area (Å²) in [4.78, 5) is 0. The van der Waals surface area contributed by atoms with E-state index in [2.05, 4.69) is 0 Å². The highest BCUT2D eigenvalue weighted by Gasteiger charge is 1.98.